The number of aryl methyl sites for hydroxylation is 1. The molecule has 0 spiro atoms. The van der Waals surface area contributed by atoms with Crippen LogP contribution in [0.5, 0.6) is 0 Å². The number of likely N-dealkylation sites (tertiary alicyclic amines) is 1. The third-order valence-corrected chi connectivity index (χ3v) is 5.43. The molecule has 3 N–H and O–H groups in total. The lowest BCUT2D eigenvalue weighted by Gasteiger charge is -2.33. The Balaban J connectivity index is 1.43. The van der Waals surface area contributed by atoms with Crippen LogP contribution in [0.4, 0.5) is 0 Å². The highest BCUT2D eigenvalue weighted by molar-refractivity contribution is 5.79. The van der Waals surface area contributed by atoms with E-state index in [2.05, 4.69) is 41.4 Å². The van der Waals surface area contributed by atoms with Gasteiger partial charge in [0.05, 0.1) is 0 Å². The Morgan fingerprint density at radius 1 is 1.22 bits per heavy atom. The van der Waals surface area contributed by atoms with Crippen LogP contribution in [-0.4, -0.2) is 36.0 Å². The zero-order chi connectivity index (χ0) is 16.2. The number of piperidine rings is 1. The van der Waals surface area contributed by atoms with E-state index in [-0.39, 0.29) is 17.9 Å². The molecule has 4 nitrogen and oxygen atoms in total. The smallest absolute Gasteiger partial charge is 0.223 e. The summed E-state index contributed by atoms with van der Waals surface area (Å²) in [5.74, 6) is 0.380. The molecular formula is C19H29N3O. The van der Waals surface area contributed by atoms with Crippen LogP contribution in [0.15, 0.2) is 24.3 Å². The first-order valence-electron chi connectivity index (χ1n) is 8.94. The van der Waals surface area contributed by atoms with E-state index in [0.29, 0.717) is 6.04 Å². The molecule has 23 heavy (non-hydrogen) atoms. The summed E-state index contributed by atoms with van der Waals surface area (Å²) in [4.78, 5) is 14.8. The maximum Gasteiger partial charge on any atom is 0.223 e. The highest BCUT2D eigenvalue weighted by Crippen LogP contribution is 2.25. The summed E-state index contributed by atoms with van der Waals surface area (Å²) in [7, 11) is 0. The average Bonchev–Trinajstić information content (AvgIpc) is 2.98. The maximum atomic E-state index is 12.3. The number of nitrogens with two attached hydrogens (primary N) is 1. The summed E-state index contributed by atoms with van der Waals surface area (Å²) < 4.78 is 0. The van der Waals surface area contributed by atoms with Gasteiger partial charge in [-0.1, -0.05) is 24.3 Å². The van der Waals surface area contributed by atoms with E-state index in [1.165, 1.54) is 11.1 Å². The van der Waals surface area contributed by atoms with E-state index < -0.39 is 0 Å². The predicted molar refractivity (Wildman–Crippen MR) is 92.9 cm³/mol. The minimum absolute atomic E-state index is 0.148. The predicted octanol–water partition coefficient (Wildman–Crippen LogP) is 2.20. The van der Waals surface area contributed by atoms with Crippen LogP contribution in [-0.2, 0) is 11.3 Å². The molecule has 4 heteroatoms. The van der Waals surface area contributed by atoms with Gasteiger partial charge < -0.3 is 11.1 Å². The molecule has 2 fully saturated rings. The number of amides is 1. The van der Waals surface area contributed by atoms with Gasteiger partial charge in [0.15, 0.2) is 0 Å². The van der Waals surface area contributed by atoms with Gasteiger partial charge in [-0.3, -0.25) is 9.69 Å². The lowest BCUT2D eigenvalue weighted by molar-refractivity contribution is -0.125. The van der Waals surface area contributed by atoms with Gasteiger partial charge in [0.25, 0.3) is 0 Å². The molecule has 1 aliphatic carbocycles. The van der Waals surface area contributed by atoms with E-state index in [4.69, 9.17) is 5.73 Å². The van der Waals surface area contributed by atoms with Gasteiger partial charge in [-0.2, -0.15) is 0 Å². The Kier molecular flexibility index (Phi) is 5.34. The van der Waals surface area contributed by atoms with Crippen molar-refractivity contribution < 1.29 is 4.79 Å². The topological polar surface area (TPSA) is 58.4 Å². The first kappa shape index (κ1) is 16.5. The van der Waals surface area contributed by atoms with Crippen molar-refractivity contribution in [2.75, 3.05) is 13.1 Å². The monoisotopic (exact) mass is 315 g/mol. The van der Waals surface area contributed by atoms with E-state index in [9.17, 15) is 4.79 Å². The number of benzene rings is 1. The molecule has 0 bridgehead atoms. The molecule has 2 atom stereocenters. The standard InChI is InChI=1S/C19H29N3O/c1-14-4-2-3-5-16(14)13-22-10-8-18(9-11-22)21-19(23)15-6-7-17(20)12-15/h2-5,15,17-18H,6-13,20H2,1H3,(H,21,23). The van der Waals surface area contributed by atoms with Gasteiger partial charge in [-0.15, -0.1) is 0 Å². The molecule has 1 aromatic carbocycles. The van der Waals surface area contributed by atoms with Crippen LogP contribution in [0.2, 0.25) is 0 Å². The Morgan fingerprint density at radius 2 is 1.96 bits per heavy atom. The van der Waals surface area contributed by atoms with Crippen LogP contribution < -0.4 is 11.1 Å². The Labute approximate surface area is 139 Å². The molecule has 1 heterocycles. The molecule has 0 radical (unpaired) electrons. The second-order valence-electron chi connectivity index (χ2n) is 7.26. The number of rotatable bonds is 4. The molecule has 1 saturated carbocycles. The van der Waals surface area contributed by atoms with Crippen molar-refractivity contribution in [3.8, 4) is 0 Å². The second kappa shape index (κ2) is 7.45. The SMILES string of the molecule is Cc1ccccc1CN1CCC(NC(=O)C2CCC(N)C2)CC1. The minimum atomic E-state index is 0.148. The van der Waals surface area contributed by atoms with Gasteiger partial charge >= 0.3 is 0 Å². The van der Waals surface area contributed by atoms with Gasteiger partial charge in [0, 0.05) is 37.6 Å². The Hall–Kier alpha value is -1.39. The molecule has 1 aliphatic heterocycles. The van der Waals surface area contributed by atoms with Gasteiger partial charge in [-0.05, 0) is 50.2 Å². The summed E-state index contributed by atoms with van der Waals surface area (Å²) in [5.41, 5.74) is 8.69. The lowest BCUT2D eigenvalue weighted by atomic mass is 10.0. The normalized spacial score (nSPS) is 26.3. The number of carbonyl (C=O) groups is 1. The third kappa shape index (κ3) is 4.33. The lowest BCUT2D eigenvalue weighted by Crippen LogP contribution is -2.46. The Morgan fingerprint density at radius 3 is 2.61 bits per heavy atom. The van der Waals surface area contributed by atoms with Crippen molar-refractivity contribution in [3.63, 3.8) is 0 Å². The molecule has 1 saturated heterocycles. The summed E-state index contributed by atoms with van der Waals surface area (Å²) in [5, 5.41) is 3.26. The zero-order valence-corrected chi connectivity index (χ0v) is 14.1. The first-order chi connectivity index (χ1) is 11.1. The van der Waals surface area contributed by atoms with Crippen LogP contribution >= 0.6 is 0 Å². The van der Waals surface area contributed by atoms with E-state index in [1.54, 1.807) is 0 Å². The van der Waals surface area contributed by atoms with Crippen LogP contribution in [0.25, 0.3) is 0 Å². The van der Waals surface area contributed by atoms with E-state index in [0.717, 1.165) is 51.7 Å². The quantitative estimate of drug-likeness (QED) is 0.895. The molecular weight excluding hydrogens is 286 g/mol. The highest BCUT2D eigenvalue weighted by atomic mass is 16.1. The van der Waals surface area contributed by atoms with Crippen molar-refractivity contribution >= 4 is 5.91 Å². The number of hydrogen-bond donors (Lipinski definition) is 2. The van der Waals surface area contributed by atoms with Crippen molar-refractivity contribution in [2.24, 2.45) is 11.7 Å². The zero-order valence-electron chi connectivity index (χ0n) is 14.1. The number of nitrogens with zero attached hydrogens (tertiary/aromatic N) is 1. The molecule has 2 aliphatic rings. The highest BCUT2D eigenvalue weighted by Gasteiger charge is 2.29. The first-order valence-corrected chi connectivity index (χ1v) is 8.94. The molecule has 1 aromatic rings. The van der Waals surface area contributed by atoms with Crippen molar-refractivity contribution in [3.05, 3.63) is 35.4 Å². The van der Waals surface area contributed by atoms with Crippen LogP contribution in [0, 0.1) is 12.8 Å². The molecule has 1 amide bonds. The second-order valence-corrected chi connectivity index (χ2v) is 7.26. The summed E-state index contributed by atoms with van der Waals surface area (Å²) in [6.45, 7) is 5.31. The largest absolute Gasteiger partial charge is 0.353 e. The van der Waals surface area contributed by atoms with Gasteiger partial charge in [-0.25, -0.2) is 0 Å². The molecule has 0 aromatic heterocycles. The number of hydrogen-bond acceptors (Lipinski definition) is 3. The van der Waals surface area contributed by atoms with Crippen LogP contribution in [0.1, 0.15) is 43.2 Å². The summed E-state index contributed by atoms with van der Waals surface area (Å²) in [6.07, 6.45) is 4.91. The molecule has 2 unspecified atom stereocenters. The van der Waals surface area contributed by atoms with Gasteiger partial charge in [0.1, 0.15) is 0 Å². The molecule has 126 valence electrons. The van der Waals surface area contributed by atoms with Crippen LogP contribution in [0.3, 0.4) is 0 Å². The fourth-order valence-electron chi connectivity index (χ4n) is 3.84. The Bertz CT molecular complexity index is 537. The van der Waals surface area contributed by atoms with Gasteiger partial charge in [0.2, 0.25) is 5.91 Å². The minimum Gasteiger partial charge on any atom is -0.353 e. The average molecular weight is 315 g/mol. The summed E-state index contributed by atoms with van der Waals surface area (Å²) >= 11 is 0. The van der Waals surface area contributed by atoms with E-state index >= 15 is 0 Å². The number of nitrogens with one attached hydrogen (secondary N) is 1. The van der Waals surface area contributed by atoms with Crippen molar-refractivity contribution in [1.29, 1.82) is 0 Å². The fourth-order valence-corrected chi connectivity index (χ4v) is 3.84. The fraction of sp³-hybridized carbons (Fsp3) is 0.632. The maximum absolute atomic E-state index is 12.3. The number of carbonyl (C=O) groups excluding carboxylic acids is 1. The van der Waals surface area contributed by atoms with Crippen molar-refractivity contribution in [1.82, 2.24) is 10.2 Å². The van der Waals surface area contributed by atoms with E-state index in [1.807, 2.05) is 0 Å². The molecule has 3 rings (SSSR count). The third-order valence-electron chi connectivity index (χ3n) is 5.43. The summed E-state index contributed by atoms with van der Waals surface area (Å²) in [6, 6.07) is 9.16. The van der Waals surface area contributed by atoms with Crippen molar-refractivity contribution in [2.45, 2.75) is 57.7 Å².